The molecular formula is C17H22Cl2N2O2S2. The van der Waals surface area contributed by atoms with E-state index in [1.54, 1.807) is 21.8 Å². The van der Waals surface area contributed by atoms with Gasteiger partial charge < -0.3 is 5.32 Å². The Labute approximate surface area is 164 Å². The number of sulfonamides is 1. The molecule has 1 saturated carbocycles. The molecule has 0 spiro atoms. The zero-order chi connectivity index (χ0) is 16.7. The molecule has 0 unspecified atom stereocenters. The van der Waals surface area contributed by atoms with Crippen LogP contribution in [-0.4, -0.2) is 38.4 Å². The summed E-state index contributed by atoms with van der Waals surface area (Å²) < 4.78 is 28.6. The van der Waals surface area contributed by atoms with E-state index in [1.807, 2.05) is 6.07 Å². The Morgan fingerprint density at radius 1 is 1.20 bits per heavy atom. The van der Waals surface area contributed by atoms with Crippen LogP contribution in [0.1, 0.15) is 25.7 Å². The second kappa shape index (κ2) is 7.71. The predicted molar refractivity (Wildman–Crippen MR) is 107 cm³/mol. The molecule has 0 amide bonds. The first-order chi connectivity index (χ1) is 11.5. The number of hydrogen-bond acceptors (Lipinski definition) is 4. The summed E-state index contributed by atoms with van der Waals surface area (Å²) in [6.45, 7) is 2.26. The summed E-state index contributed by atoms with van der Waals surface area (Å²) in [5, 5.41) is 6.64. The third-order valence-electron chi connectivity index (χ3n) is 4.96. The van der Waals surface area contributed by atoms with Crippen LogP contribution in [0.15, 0.2) is 28.5 Å². The molecule has 138 valence electrons. The number of rotatable bonds is 5. The van der Waals surface area contributed by atoms with Gasteiger partial charge in [-0.1, -0.05) is 11.6 Å². The van der Waals surface area contributed by atoms with Gasteiger partial charge in [-0.25, -0.2) is 8.42 Å². The van der Waals surface area contributed by atoms with Gasteiger partial charge >= 0.3 is 0 Å². The molecule has 8 heteroatoms. The Hall–Kier alpha value is -0.370. The van der Waals surface area contributed by atoms with Crippen LogP contribution in [0.5, 0.6) is 0 Å². The van der Waals surface area contributed by atoms with Gasteiger partial charge in [0.2, 0.25) is 10.0 Å². The van der Waals surface area contributed by atoms with Crippen LogP contribution in [-0.2, 0) is 10.0 Å². The highest BCUT2D eigenvalue weighted by Crippen LogP contribution is 2.34. The second-order valence-electron chi connectivity index (χ2n) is 6.77. The van der Waals surface area contributed by atoms with Crippen molar-refractivity contribution in [1.82, 2.24) is 9.62 Å². The first kappa shape index (κ1) is 19.4. The Kier molecular flexibility index (Phi) is 5.98. The molecule has 1 aromatic carbocycles. The van der Waals surface area contributed by atoms with E-state index in [4.69, 9.17) is 11.6 Å². The van der Waals surface area contributed by atoms with Gasteiger partial charge in [0.15, 0.2) is 0 Å². The van der Waals surface area contributed by atoms with E-state index in [-0.39, 0.29) is 12.4 Å². The number of benzene rings is 1. The standard InChI is InChI=1S/C17H21ClN2O2S2.ClH/c18-13-3-4-16-15(9-13)17(11-23-16)24(21,22)20-7-5-14(6-8-20)19-10-12-1-2-12;/h3-4,9,11-12,14,19H,1-2,5-8,10H2;1H. The summed E-state index contributed by atoms with van der Waals surface area (Å²) in [6, 6.07) is 5.89. The zero-order valence-electron chi connectivity index (χ0n) is 13.8. The third kappa shape index (κ3) is 4.15. The number of halogens is 2. The molecule has 0 atom stereocenters. The van der Waals surface area contributed by atoms with Gasteiger partial charge in [0.05, 0.1) is 0 Å². The van der Waals surface area contributed by atoms with Crippen molar-refractivity contribution in [3.8, 4) is 0 Å². The van der Waals surface area contributed by atoms with E-state index in [2.05, 4.69) is 5.32 Å². The minimum Gasteiger partial charge on any atom is -0.314 e. The summed E-state index contributed by atoms with van der Waals surface area (Å²) >= 11 is 7.51. The molecule has 1 aliphatic heterocycles. The van der Waals surface area contributed by atoms with E-state index >= 15 is 0 Å². The van der Waals surface area contributed by atoms with E-state index < -0.39 is 10.0 Å². The maximum atomic E-state index is 13.0. The lowest BCUT2D eigenvalue weighted by Gasteiger charge is -2.31. The van der Waals surface area contributed by atoms with Crippen molar-refractivity contribution in [2.24, 2.45) is 5.92 Å². The molecule has 2 fully saturated rings. The maximum Gasteiger partial charge on any atom is 0.244 e. The Balaban J connectivity index is 0.00000182. The topological polar surface area (TPSA) is 49.4 Å². The fourth-order valence-corrected chi connectivity index (χ4v) is 6.36. The Morgan fingerprint density at radius 3 is 2.60 bits per heavy atom. The Bertz CT molecular complexity index is 841. The highest BCUT2D eigenvalue weighted by molar-refractivity contribution is 7.89. The van der Waals surface area contributed by atoms with Crippen molar-refractivity contribution in [3.63, 3.8) is 0 Å². The molecule has 4 rings (SSSR count). The fourth-order valence-electron chi connectivity index (χ4n) is 3.27. The smallest absolute Gasteiger partial charge is 0.244 e. The molecule has 0 radical (unpaired) electrons. The fraction of sp³-hybridized carbons (Fsp3) is 0.529. The number of thiophene rings is 1. The number of nitrogens with zero attached hydrogens (tertiary/aromatic N) is 1. The molecule has 1 N–H and O–H groups in total. The first-order valence-electron chi connectivity index (χ1n) is 8.44. The molecule has 2 aliphatic rings. The van der Waals surface area contributed by atoms with Gasteiger partial charge in [-0.05, 0) is 56.3 Å². The van der Waals surface area contributed by atoms with Crippen molar-refractivity contribution in [2.75, 3.05) is 19.6 Å². The average Bonchev–Trinajstić information content (AvgIpc) is 3.31. The van der Waals surface area contributed by atoms with Crippen LogP contribution in [0.4, 0.5) is 0 Å². The summed E-state index contributed by atoms with van der Waals surface area (Å²) in [4.78, 5) is 0.398. The average molecular weight is 421 g/mol. The number of nitrogens with one attached hydrogen (secondary N) is 1. The van der Waals surface area contributed by atoms with Crippen LogP contribution in [0.2, 0.25) is 5.02 Å². The van der Waals surface area contributed by atoms with E-state index in [0.29, 0.717) is 29.0 Å². The molecule has 4 nitrogen and oxygen atoms in total. The molecule has 1 saturated heterocycles. The van der Waals surface area contributed by atoms with Crippen molar-refractivity contribution in [2.45, 2.75) is 36.6 Å². The number of hydrogen-bond donors (Lipinski definition) is 1. The quantitative estimate of drug-likeness (QED) is 0.790. The maximum absolute atomic E-state index is 13.0. The van der Waals surface area contributed by atoms with Crippen molar-refractivity contribution in [1.29, 1.82) is 0 Å². The lowest BCUT2D eigenvalue weighted by molar-refractivity contribution is 0.288. The molecular weight excluding hydrogens is 399 g/mol. The molecule has 2 heterocycles. The van der Waals surface area contributed by atoms with E-state index in [1.165, 1.54) is 24.2 Å². The minimum atomic E-state index is -3.45. The van der Waals surface area contributed by atoms with E-state index in [9.17, 15) is 8.42 Å². The number of piperidine rings is 1. The van der Waals surface area contributed by atoms with Crippen LogP contribution < -0.4 is 5.32 Å². The van der Waals surface area contributed by atoms with Gasteiger partial charge in [0.1, 0.15) is 4.90 Å². The van der Waals surface area contributed by atoms with Gasteiger partial charge in [-0.2, -0.15) is 4.31 Å². The predicted octanol–water partition coefficient (Wildman–Crippen LogP) is 4.13. The highest BCUT2D eigenvalue weighted by atomic mass is 35.5. The van der Waals surface area contributed by atoms with Crippen LogP contribution in [0.3, 0.4) is 0 Å². The van der Waals surface area contributed by atoms with Crippen molar-refractivity contribution >= 4 is 55.5 Å². The summed E-state index contributed by atoms with van der Waals surface area (Å²) in [5.41, 5.74) is 0. The lowest BCUT2D eigenvalue weighted by Crippen LogP contribution is -2.45. The first-order valence-corrected chi connectivity index (χ1v) is 11.1. The molecule has 0 bridgehead atoms. The third-order valence-corrected chi connectivity index (χ3v) is 8.25. The summed E-state index contributed by atoms with van der Waals surface area (Å²) in [6.07, 6.45) is 4.45. The molecule has 25 heavy (non-hydrogen) atoms. The van der Waals surface area contributed by atoms with Gasteiger partial charge in [0.25, 0.3) is 0 Å². The number of fused-ring (bicyclic) bond motifs is 1. The SMILES string of the molecule is Cl.O=S(=O)(c1csc2ccc(Cl)cc12)N1CCC(NCC2CC2)CC1. The Morgan fingerprint density at radius 2 is 1.92 bits per heavy atom. The van der Waals surface area contributed by atoms with Crippen molar-refractivity contribution < 1.29 is 8.42 Å². The molecule has 2 aromatic rings. The second-order valence-corrected chi connectivity index (χ2v) is 10.0. The largest absolute Gasteiger partial charge is 0.314 e. The molecule has 1 aromatic heterocycles. The lowest BCUT2D eigenvalue weighted by atomic mass is 10.1. The summed E-state index contributed by atoms with van der Waals surface area (Å²) in [5.74, 6) is 0.855. The minimum absolute atomic E-state index is 0. The normalized spacial score (nSPS) is 19.9. The van der Waals surface area contributed by atoms with Crippen molar-refractivity contribution in [3.05, 3.63) is 28.6 Å². The summed E-state index contributed by atoms with van der Waals surface area (Å²) in [7, 11) is -3.45. The molecule has 1 aliphatic carbocycles. The van der Waals surface area contributed by atoms with Crippen LogP contribution in [0.25, 0.3) is 10.1 Å². The van der Waals surface area contributed by atoms with Crippen LogP contribution in [0, 0.1) is 5.92 Å². The van der Waals surface area contributed by atoms with Gasteiger partial charge in [-0.3, -0.25) is 0 Å². The van der Waals surface area contributed by atoms with Gasteiger partial charge in [-0.15, -0.1) is 23.7 Å². The highest BCUT2D eigenvalue weighted by Gasteiger charge is 2.31. The van der Waals surface area contributed by atoms with E-state index in [0.717, 1.165) is 35.4 Å². The monoisotopic (exact) mass is 420 g/mol. The van der Waals surface area contributed by atoms with Gasteiger partial charge in [0, 0.05) is 39.6 Å². The van der Waals surface area contributed by atoms with Crippen LogP contribution >= 0.6 is 35.3 Å². The zero-order valence-corrected chi connectivity index (χ0v) is 17.0.